The van der Waals surface area contributed by atoms with Gasteiger partial charge in [0, 0.05) is 18.0 Å². The molecule has 0 saturated carbocycles. The molecule has 0 fully saturated rings. The fourth-order valence-corrected chi connectivity index (χ4v) is 2.07. The van der Waals surface area contributed by atoms with Gasteiger partial charge in [0.1, 0.15) is 11.8 Å². The highest BCUT2D eigenvalue weighted by molar-refractivity contribution is 5.24. The number of hydrogen-bond donors (Lipinski definition) is 0. The zero-order valence-electron chi connectivity index (χ0n) is 10.3. The second-order valence-electron chi connectivity index (χ2n) is 4.29. The van der Waals surface area contributed by atoms with Gasteiger partial charge in [0.05, 0.1) is 6.07 Å². The van der Waals surface area contributed by atoms with E-state index in [1.165, 1.54) is 0 Å². The van der Waals surface area contributed by atoms with Crippen LogP contribution in [0.1, 0.15) is 50.4 Å². The van der Waals surface area contributed by atoms with Crippen molar-refractivity contribution in [1.29, 1.82) is 10.5 Å². The maximum atomic E-state index is 8.90. The molecule has 3 heteroatoms. The van der Waals surface area contributed by atoms with Crippen LogP contribution in [-0.2, 0) is 0 Å². The normalized spacial score (nSPS) is 13.4. The molecule has 0 aliphatic rings. The Bertz CT molecular complexity index is 440. The maximum absolute atomic E-state index is 8.90. The van der Waals surface area contributed by atoms with Gasteiger partial charge >= 0.3 is 0 Å². The number of aromatic nitrogens is 1. The molecule has 0 spiro atoms. The number of nitrogens with zero attached hydrogens (tertiary/aromatic N) is 3. The molecular formula is C14H17N3. The second-order valence-corrected chi connectivity index (χ2v) is 4.29. The van der Waals surface area contributed by atoms with Crippen LogP contribution in [-0.4, -0.2) is 4.98 Å². The van der Waals surface area contributed by atoms with Crippen molar-refractivity contribution in [3.05, 3.63) is 29.6 Å². The number of rotatable bonds is 5. The standard InChI is InChI=1S/C14H17N3/c1-3-5-11(2)13(8-9-15)14-7-4-6-12(10-16)17-14/h4,6-7,11,13H,3,5,8H2,1-2H3. The first kappa shape index (κ1) is 13.2. The molecule has 1 aromatic heterocycles. The van der Waals surface area contributed by atoms with Crippen molar-refractivity contribution in [2.24, 2.45) is 5.92 Å². The Morgan fingerprint density at radius 1 is 1.35 bits per heavy atom. The summed E-state index contributed by atoms with van der Waals surface area (Å²) in [7, 11) is 0. The largest absolute Gasteiger partial charge is 0.242 e. The van der Waals surface area contributed by atoms with Crippen molar-refractivity contribution in [2.45, 2.75) is 39.0 Å². The van der Waals surface area contributed by atoms with E-state index in [9.17, 15) is 0 Å². The van der Waals surface area contributed by atoms with Crippen LogP contribution in [0.3, 0.4) is 0 Å². The van der Waals surface area contributed by atoms with Gasteiger partial charge in [-0.2, -0.15) is 10.5 Å². The van der Waals surface area contributed by atoms with E-state index in [0.717, 1.165) is 18.5 Å². The van der Waals surface area contributed by atoms with Crippen LogP contribution in [0.2, 0.25) is 0 Å². The summed E-state index contributed by atoms with van der Waals surface area (Å²) in [6.45, 7) is 4.28. The highest BCUT2D eigenvalue weighted by atomic mass is 14.7. The van der Waals surface area contributed by atoms with Gasteiger partial charge in [-0.05, 0) is 18.1 Å². The lowest BCUT2D eigenvalue weighted by molar-refractivity contribution is 0.421. The summed E-state index contributed by atoms with van der Waals surface area (Å²) in [6.07, 6.45) is 2.63. The van der Waals surface area contributed by atoms with E-state index in [-0.39, 0.29) is 5.92 Å². The molecule has 0 aromatic carbocycles. The Balaban J connectivity index is 2.97. The third-order valence-electron chi connectivity index (χ3n) is 3.01. The second kappa shape index (κ2) is 6.66. The molecule has 2 atom stereocenters. The van der Waals surface area contributed by atoms with E-state index in [1.807, 2.05) is 18.2 Å². The lowest BCUT2D eigenvalue weighted by atomic mass is 9.85. The lowest BCUT2D eigenvalue weighted by Gasteiger charge is -2.20. The highest BCUT2D eigenvalue weighted by Crippen LogP contribution is 2.29. The minimum atomic E-state index is 0.133. The Hall–Kier alpha value is -1.87. The molecule has 0 saturated heterocycles. The Morgan fingerprint density at radius 3 is 2.71 bits per heavy atom. The maximum Gasteiger partial charge on any atom is 0.140 e. The van der Waals surface area contributed by atoms with Crippen LogP contribution in [0.25, 0.3) is 0 Å². The van der Waals surface area contributed by atoms with E-state index >= 15 is 0 Å². The molecule has 0 aliphatic heterocycles. The molecule has 0 N–H and O–H groups in total. The third-order valence-corrected chi connectivity index (χ3v) is 3.01. The minimum absolute atomic E-state index is 0.133. The first-order valence-corrected chi connectivity index (χ1v) is 5.96. The predicted octanol–water partition coefficient (Wildman–Crippen LogP) is 3.39. The zero-order chi connectivity index (χ0) is 12.7. The molecule has 3 nitrogen and oxygen atoms in total. The smallest absolute Gasteiger partial charge is 0.140 e. The average molecular weight is 227 g/mol. The van der Waals surface area contributed by atoms with E-state index in [4.69, 9.17) is 10.5 Å². The van der Waals surface area contributed by atoms with Crippen molar-refractivity contribution in [3.63, 3.8) is 0 Å². The Kier molecular flexibility index (Phi) is 5.17. The van der Waals surface area contributed by atoms with Crippen molar-refractivity contribution in [3.8, 4) is 12.1 Å². The molecule has 17 heavy (non-hydrogen) atoms. The number of nitriles is 2. The van der Waals surface area contributed by atoms with Gasteiger partial charge in [0.2, 0.25) is 0 Å². The first-order chi connectivity index (χ1) is 8.22. The zero-order valence-corrected chi connectivity index (χ0v) is 10.3. The van der Waals surface area contributed by atoms with Crippen molar-refractivity contribution >= 4 is 0 Å². The van der Waals surface area contributed by atoms with E-state index in [2.05, 4.69) is 24.9 Å². The topological polar surface area (TPSA) is 60.5 Å². The van der Waals surface area contributed by atoms with E-state index in [1.54, 1.807) is 6.07 Å². The fraction of sp³-hybridized carbons (Fsp3) is 0.500. The quantitative estimate of drug-likeness (QED) is 0.774. The predicted molar refractivity (Wildman–Crippen MR) is 66.0 cm³/mol. The molecule has 0 aliphatic carbocycles. The van der Waals surface area contributed by atoms with Crippen LogP contribution in [0.5, 0.6) is 0 Å². The molecule has 0 radical (unpaired) electrons. The van der Waals surface area contributed by atoms with Crippen LogP contribution < -0.4 is 0 Å². The molecule has 88 valence electrons. The van der Waals surface area contributed by atoms with E-state index < -0.39 is 0 Å². The van der Waals surface area contributed by atoms with Crippen molar-refractivity contribution < 1.29 is 0 Å². The molecular weight excluding hydrogens is 210 g/mol. The summed E-state index contributed by atoms with van der Waals surface area (Å²) >= 11 is 0. The number of hydrogen-bond acceptors (Lipinski definition) is 3. The number of pyridine rings is 1. The fourth-order valence-electron chi connectivity index (χ4n) is 2.07. The molecule has 0 amide bonds. The highest BCUT2D eigenvalue weighted by Gasteiger charge is 2.20. The first-order valence-electron chi connectivity index (χ1n) is 5.96. The van der Waals surface area contributed by atoms with Crippen molar-refractivity contribution in [2.75, 3.05) is 0 Å². The SMILES string of the molecule is CCCC(C)C(CC#N)c1cccc(C#N)n1. The van der Waals surface area contributed by atoms with Gasteiger partial charge in [-0.1, -0.05) is 32.8 Å². The minimum Gasteiger partial charge on any atom is -0.242 e. The third kappa shape index (κ3) is 3.57. The summed E-state index contributed by atoms with van der Waals surface area (Å²) < 4.78 is 0. The summed E-state index contributed by atoms with van der Waals surface area (Å²) in [5.74, 6) is 0.550. The van der Waals surface area contributed by atoms with E-state index in [0.29, 0.717) is 18.0 Å². The summed E-state index contributed by atoms with van der Waals surface area (Å²) in [4.78, 5) is 4.30. The van der Waals surface area contributed by atoms with Gasteiger partial charge in [-0.3, -0.25) is 0 Å². The van der Waals surface area contributed by atoms with Gasteiger partial charge in [0.15, 0.2) is 0 Å². The molecule has 1 rings (SSSR count). The molecule has 2 unspecified atom stereocenters. The summed E-state index contributed by atoms with van der Waals surface area (Å²) in [5.41, 5.74) is 1.29. The van der Waals surface area contributed by atoms with Gasteiger partial charge in [-0.15, -0.1) is 0 Å². The molecule has 1 aromatic rings. The van der Waals surface area contributed by atoms with Gasteiger partial charge < -0.3 is 0 Å². The lowest BCUT2D eigenvalue weighted by Crippen LogP contribution is -2.11. The van der Waals surface area contributed by atoms with Crippen molar-refractivity contribution in [1.82, 2.24) is 4.98 Å². The monoisotopic (exact) mass is 227 g/mol. The Labute approximate surface area is 103 Å². The average Bonchev–Trinajstić information content (AvgIpc) is 2.36. The molecule has 0 bridgehead atoms. The van der Waals surface area contributed by atoms with Gasteiger partial charge in [-0.25, -0.2) is 4.98 Å². The summed E-state index contributed by atoms with van der Waals surface area (Å²) in [5, 5.41) is 17.7. The van der Waals surface area contributed by atoms with Crippen LogP contribution in [0, 0.1) is 28.6 Å². The molecule has 1 heterocycles. The van der Waals surface area contributed by atoms with Crippen LogP contribution in [0.4, 0.5) is 0 Å². The Morgan fingerprint density at radius 2 is 2.12 bits per heavy atom. The van der Waals surface area contributed by atoms with Gasteiger partial charge in [0.25, 0.3) is 0 Å². The van der Waals surface area contributed by atoms with Crippen LogP contribution in [0.15, 0.2) is 18.2 Å². The van der Waals surface area contributed by atoms with Crippen LogP contribution >= 0.6 is 0 Å². The summed E-state index contributed by atoms with van der Waals surface area (Å²) in [6, 6.07) is 9.70.